The van der Waals surface area contributed by atoms with Gasteiger partial charge in [0.15, 0.2) is 0 Å². The Labute approximate surface area is 48.8 Å². The Bertz CT molecular complexity index is 172. The van der Waals surface area contributed by atoms with Gasteiger partial charge < -0.3 is 10.1 Å². The predicted octanol–water partition coefficient (Wildman–Crippen LogP) is -0.257. The standard InChI is InChI=1S/CHN2O3PS/c2-3-1(7-4)8(5)6/h(H,5,6)/p-1. The first-order valence-electron chi connectivity index (χ1n) is 1.37. The van der Waals surface area contributed by atoms with E-state index in [2.05, 4.69) is 4.79 Å². The van der Waals surface area contributed by atoms with Crippen LogP contribution in [0.15, 0.2) is 0 Å². The molecule has 0 spiro atoms. The van der Waals surface area contributed by atoms with Gasteiger partial charge in [0, 0.05) is 0 Å². The van der Waals surface area contributed by atoms with Crippen molar-refractivity contribution in [3.8, 4) is 0 Å². The van der Waals surface area contributed by atoms with Gasteiger partial charge in [0.1, 0.15) is 0 Å². The zero-order valence-corrected chi connectivity index (χ0v) is 5.19. The third-order valence-corrected chi connectivity index (χ3v) is 1.61. The smallest absolute Gasteiger partial charge is 0.430 e. The lowest BCUT2D eigenvalue weighted by molar-refractivity contribution is 0.00403. The van der Waals surface area contributed by atoms with E-state index >= 15 is 0 Å². The molecule has 8 heavy (non-hydrogen) atoms. The minimum absolute atomic E-state index is 0.801. The molecule has 0 saturated heterocycles. The third kappa shape index (κ3) is 2.04. The molecule has 0 aliphatic carbocycles. The number of hydrogen-bond acceptors (Lipinski definition) is 3. The minimum atomic E-state index is -2.68. The average molecular weight is 151 g/mol. The highest BCUT2D eigenvalue weighted by atomic mass is 32.2. The van der Waals surface area contributed by atoms with Crippen molar-refractivity contribution in [1.82, 2.24) is 0 Å². The Hall–Kier alpha value is -0.410. The summed E-state index contributed by atoms with van der Waals surface area (Å²) in [6, 6.07) is 0. The van der Waals surface area contributed by atoms with E-state index in [0.717, 1.165) is 0 Å². The van der Waals surface area contributed by atoms with Gasteiger partial charge in [-0.15, -0.1) is 4.79 Å². The van der Waals surface area contributed by atoms with E-state index in [0.29, 0.717) is 0 Å². The maximum absolute atomic E-state index is 9.66. The van der Waals surface area contributed by atoms with Crippen LogP contribution in [-0.4, -0.2) is 18.3 Å². The van der Waals surface area contributed by atoms with Gasteiger partial charge in [-0.25, -0.2) is 0 Å². The highest BCUT2D eigenvalue weighted by molar-refractivity contribution is 8.06. The fourth-order valence-corrected chi connectivity index (χ4v) is 0.429. The first kappa shape index (κ1) is 7.59. The fourth-order valence-electron chi connectivity index (χ4n) is 0.0820. The van der Waals surface area contributed by atoms with Crippen molar-refractivity contribution in [2.45, 2.75) is 0 Å². The summed E-state index contributed by atoms with van der Waals surface area (Å²) < 4.78 is 28.9. The van der Waals surface area contributed by atoms with Crippen LogP contribution in [0.4, 0.5) is 0 Å². The SMILES string of the molecule is [N-]=[N+]=C(P=O)S(=O)[O-]. The molecule has 0 aromatic rings. The number of rotatable bonds is 1. The summed E-state index contributed by atoms with van der Waals surface area (Å²) in [5.41, 5.74) is 7.68. The molecule has 0 aliphatic rings. The molecule has 44 valence electrons. The first-order chi connectivity index (χ1) is 3.72. The van der Waals surface area contributed by atoms with Crippen LogP contribution in [0.2, 0.25) is 0 Å². The summed E-state index contributed by atoms with van der Waals surface area (Å²) in [6.07, 6.45) is 0. The van der Waals surface area contributed by atoms with Gasteiger partial charge in [0.2, 0.25) is 0 Å². The van der Waals surface area contributed by atoms with Crippen LogP contribution < -0.4 is 0 Å². The van der Waals surface area contributed by atoms with Crippen molar-refractivity contribution >= 4 is 24.3 Å². The van der Waals surface area contributed by atoms with Gasteiger partial charge >= 0.3 is 4.78 Å². The molecule has 0 rings (SSSR count). The average Bonchev–Trinajstić information content (AvgIpc) is 1.69. The maximum atomic E-state index is 9.66. The second-order valence-corrected chi connectivity index (χ2v) is 2.47. The Morgan fingerprint density at radius 1 is 1.88 bits per heavy atom. The molecule has 5 nitrogen and oxygen atoms in total. The van der Waals surface area contributed by atoms with Crippen molar-refractivity contribution in [2.24, 2.45) is 0 Å². The van der Waals surface area contributed by atoms with Gasteiger partial charge in [-0.2, -0.15) is 0 Å². The molecule has 0 heterocycles. The van der Waals surface area contributed by atoms with Gasteiger partial charge in [0.05, 0.1) is 11.1 Å². The molecule has 0 N–H and O–H groups in total. The second kappa shape index (κ2) is 3.57. The molecule has 0 aliphatic heterocycles. The van der Waals surface area contributed by atoms with Crippen molar-refractivity contribution in [1.29, 1.82) is 0 Å². The molecule has 0 radical (unpaired) electrons. The summed E-state index contributed by atoms with van der Waals surface area (Å²) in [7, 11) is -0.809. The lowest BCUT2D eigenvalue weighted by Gasteiger charge is -1.86. The van der Waals surface area contributed by atoms with Crippen LogP contribution in [0.3, 0.4) is 0 Å². The molecule has 0 aromatic carbocycles. The quantitative estimate of drug-likeness (QED) is 0.129. The lowest BCUT2D eigenvalue weighted by Crippen LogP contribution is -1.97. The molecule has 0 bridgehead atoms. The topological polar surface area (TPSA) is 93.6 Å². The number of hydrogen-bond donors (Lipinski definition) is 0. The van der Waals surface area contributed by atoms with Crippen molar-refractivity contribution in [3.05, 3.63) is 5.53 Å². The first-order valence-corrected chi connectivity index (χ1v) is 3.25. The normalized spacial score (nSPS) is 12.6. The molecule has 0 saturated carbocycles. The highest BCUT2D eigenvalue weighted by Gasteiger charge is 2.05. The molecule has 1 atom stereocenters. The summed E-state index contributed by atoms with van der Waals surface area (Å²) in [5.74, 6) is 0. The van der Waals surface area contributed by atoms with Crippen molar-refractivity contribution in [2.75, 3.05) is 0 Å². The molecular weight excluding hydrogens is 151 g/mol. The van der Waals surface area contributed by atoms with E-state index in [1.165, 1.54) is 0 Å². The van der Waals surface area contributed by atoms with E-state index in [-0.39, 0.29) is 0 Å². The molecule has 0 amide bonds. The summed E-state index contributed by atoms with van der Waals surface area (Å²) in [4.78, 5) is 1.38. The number of nitrogens with zero attached hydrogens (tertiary/aromatic N) is 2. The zero-order chi connectivity index (χ0) is 6.57. The Balaban J connectivity index is 4.37. The predicted molar refractivity (Wildman–Crippen MR) is 25.2 cm³/mol. The fraction of sp³-hybridized carbons (Fsp3) is 0. The Morgan fingerprint density at radius 2 is 2.38 bits per heavy atom. The van der Waals surface area contributed by atoms with Gasteiger partial charge in [0.25, 0.3) is 8.46 Å². The molecule has 0 fully saturated rings. The molecule has 1 unspecified atom stereocenters. The van der Waals surface area contributed by atoms with E-state index in [1.54, 1.807) is 0 Å². The molecule has 7 heteroatoms. The molecule has 0 aromatic heterocycles. The monoisotopic (exact) mass is 151 g/mol. The second-order valence-electron chi connectivity index (χ2n) is 0.709. The van der Waals surface area contributed by atoms with Gasteiger partial charge in [-0.05, 0) is 0 Å². The lowest BCUT2D eigenvalue weighted by atomic mass is 11.7. The minimum Gasteiger partial charge on any atom is -0.763 e. The van der Waals surface area contributed by atoms with Crippen LogP contribution in [-0.2, 0) is 15.6 Å². The van der Waals surface area contributed by atoms with Crippen LogP contribution in [0.1, 0.15) is 0 Å². The van der Waals surface area contributed by atoms with Crippen LogP contribution in [0.5, 0.6) is 0 Å². The van der Waals surface area contributed by atoms with Crippen LogP contribution in [0, 0.1) is 0 Å². The van der Waals surface area contributed by atoms with E-state index < -0.39 is 24.3 Å². The largest absolute Gasteiger partial charge is 0.763 e. The van der Waals surface area contributed by atoms with Gasteiger partial charge in [-0.3, -0.25) is 8.77 Å². The maximum Gasteiger partial charge on any atom is 0.430 e. The Kier molecular flexibility index (Phi) is 3.39. The highest BCUT2D eigenvalue weighted by Crippen LogP contribution is 1.95. The van der Waals surface area contributed by atoms with Crippen LogP contribution >= 0.6 is 8.46 Å². The summed E-state index contributed by atoms with van der Waals surface area (Å²) in [5, 5.41) is 0. The van der Waals surface area contributed by atoms with E-state index in [1.807, 2.05) is 0 Å². The van der Waals surface area contributed by atoms with Crippen LogP contribution in [0.25, 0.3) is 5.53 Å². The van der Waals surface area contributed by atoms with Gasteiger partial charge in [-0.1, -0.05) is 0 Å². The summed E-state index contributed by atoms with van der Waals surface area (Å²) in [6.45, 7) is 0. The zero-order valence-electron chi connectivity index (χ0n) is 3.47. The van der Waals surface area contributed by atoms with Crippen molar-refractivity contribution < 1.29 is 18.1 Å². The molecular formula is CN2O3PS-. The van der Waals surface area contributed by atoms with E-state index in [9.17, 15) is 13.3 Å². The van der Waals surface area contributed by atoms with E-state index in [4.69, 9.17) is 5.53 Å². The van der Waals surface area contributed by atoms with Crippen molar-refractivity contribution in [3.63, 3.8) is 0 Å². The summed E-state index contributed by atoms with van der Waals surface area (Å²) >= 11 is -2.68. The Morgan fingerprint density at radius 3 is 2.38 bits per heavy atom. The third-order valence-electron chi connectivity index (χ3n) is 0.313.